The Bertz CT molecular complexity index is 1730. The van der Waals surface area contributed by atoms with E-state index >= 15 is 0 Å². The predicted octanol–water partition coefficient (Wildman–Crippen LogP) is 5.74. The summed E-state index contributed by atoms with van der Waals surface area (Å²) < 4.78 is 29.4. The van der Waals surface area contributed by atoms with Crippen molar-refractivity contribution in [3.05, 3.63) is 64.3 Å². The lowest BCUT2D eigenvalue weighted by molar-refractivity contribution is 0.0517. The lowest BCUT2D eigenvalue weighted by Gasteiger charge is -2.10. The van der Waals surface area contributed by atoms with Gasteiger partial charge in [-0.05, 0) is 52.8 Å². The van der Waals surface area contributed by atoms with Crippen molar-refractivity contribution in [3.8, 4) is 17.0 Å². The number of hydrogen-bond donors (Lipinski definition) is 2. The van der Waals surface area contributed by atoms with Gasteiger partial charge in [-0.15, -0.1) is 0 Å². The summed E-state index contributed by atoms with van der Waals surface area (Å²) in [4.78, 5) is 46.4. The van der Waals surface area contributed by atoms with E-state index in [2.05, 4.69) is 29.9 Å². The van der Waals surface area contributed by atoms with Gasteiger partial charge >= 0.3 is 11.9 Å². The summed E-state index contributed by atoms with van der Waals surface area (Å²) in [5.74, 6) is -0.755. The van der Waals surface area contributed by atoms with Crippen LogP contribution in [0.2, 0.25) is 5.15 Å². The molecule has 214 valence electrons. The minimum Gasteiger partial charge on any atom is -0.493 e. The molecular formula is C28H28ClFN6O5. The average molecular weight is 583 g/mol. The summed E-state index contributed by atoms with van der Waals surface area (Å²) in [5.41, 5.74) is 5.05. The quantitative estimate of drug-likeness (QED) is 0.181. The Balaban J connectivity index is 0.000000208. The van der Waals surface area contributed by atoms with Crippen molar-refractivity contribution in [2.45, 2.75) is 34.6 Å². The minimum atomic E-state index is -0.458. The fourth-order valence-corrected chi connectivity index (χ4v) is 4.47. The van der Waals surface area contributed by atoms with Crippen LogP contribution in [0.1, 0.15) is 52.9 Å². The zero-order valence-corrected chi connectivity index (χ0v) is 23.9. The molecule has 0 aliphatic rings. The largest absolute Gasteiger partial charge is 0.493 e. The number of benzene rings is 1. The molecule has 0 aliphatic carbocycles. The second-order valence-corrected chi connectivity index (χ2v) is 8.96. The fraction of sp³-hybridized carbons (Fsp3) is 0.286. The van der Waals surface area contributed by atoms with Gasteiger partial charge in [0, 0.05) is 17.0 Å². The van der Waals surface area contributed by atoms with Crippen LogP contribution in [-0.4, -0.2) is 61.7 Å². The highest BCUT2D eigenvalue weighted by Gasteiger charge is 2.23. The van der Waals surface area contributed by atoms with Crippen LogP contribution < -0.4 is 4.74 Å². The number of aromatic nitrogens is 6. The number of carbonyl (C=O) groups is 2. The van der Waals surface area contributed by atoms with Crippen LogP contribution in [0.5, 0.6) is 5.75 Å². The number of esters is 2. The number of fused-ring (bicyclic) bond motifs is 2. The molecule has 4 aromatic heterocycles. The molecule has 4 heterocycles. The Kier molecular flexibility index (Phi) is 9.13. The topological polar surface area (TPSA) is 145 Å². The number of nitrogens with zero attached hydrogens (tertiary/aromatic N) is 4. The van der Waals surface area contributed by atoms with Crippen LogP contribution in [0.4, 0.5) is 4.39 Å². The molecule has 0 unspecified atom stereocenters. The molecule has 0 amide bonds. The molecule has 0 saturated carbocycles. The molecule has 0 fully saturated rings. The molecule has 1 aromatic carbocycles. The highest BCUT2D eigenvalue weighted by molar-refractivity contribution is 6.34. The van der Waals surface area contributed by atoms with Gasteiger partial charge in [0.25, 0.3) is 0 Å². The van der Waals surface area contributed by atoms with Crippen LogP contribution in [0.15, 0.2) is 30.9 Å². The first-order valence-electron chi connectivity index (χ1n) is 12.8. The van der Waals surface area contributed by atoms with Gasteiger partial charge < -0.3 is 24.2 Å². The number of halogens is 2. The van der Waals surface area contributed by atoms with Crippen molar-refractivity contribution < 1.29 is 28.2 Å². The van der Waals surface area contributed by atoms with Gasteiger partial charge in [-0.3, -0.25) is 0 Å². The molecule has 0 aliphatic heterocycles. The van der Waals surface area contributed by atoms with Gasteiger partial charge in [0.2, 0.25) is 0 Å². The van der Waals surface area contributed by atoms with Gasteiger partial charge in [0.1, 0.15) is 57.6 Å². The van der Waals surface area contributed by atoms with Gasteiger partial charge in [-0.25, -0.2) is 33.9 Å². The van der Waals surface area contributed by atoms with Crippen molar-refractivity contribution in [1.82, 2.24) is 29.9 Å². The second-order valence-electron chi connectivity index (χ2n) is 8.60. The van der Waals surface area contributed by atoms with Crippen molar-refractivity contribution in [3.63, 3.8) is 0 Å². The Morgan fingerprint density at radius 2 is 1.39 bits per heavy atom. The maximum absolute atomic E-state index is 13.8. The van der Waals surface area contributed by atoms with E-state index in [1.54, 1.807) is 33.8 Å². The minimum absolute atomic E-state index is 0.265. The first kappa shape index (κ1) is 29.4. The Hall–Kier alpha value is -4.58. The van der Waals surface area contributed by atoms with Crippen molar-refractivity contribution in [2.75, 3.05) is 19.8 Å². The van der Waals surface area contributed by atoms with E-state index in [1.807, 2.05) is 6.92 Å². The van der Waals surface area contributed by atoms with Crippen molar-refractivity contribution >= 4 is 45.6 Å². The van der Waals surface area contributed by atoms with Crippen LogP contribution in [-0.2, 0) is 9.47 Å². The number of H-pyrrole nitrogens is 2. The van der Waals surface area contributed by atoms with Crippen LogP contribution in [0, 0.1) is 19.7 Å². The molecule has 0 saturated heterocycles. The second kappa shape index (κ2) is 12.7. The molecule has 11 nitrogen and oxygen atoms in total. The van der Waals surface area contributed by atoms with Gasteiger partial charge in [0.15, 0.2) is 5.15 Å². The van der Waals surface area contributed by atoms with Gasteiger partial charge in [0.05, 0.1) is 25.3 Å². The molecule has 41 heavy (non-hydrogen) atoms. The molecule has 13 heteroatoms. The van der Waals surface area contributed by atoms with E-state index in [-0.39, 0.29) is 6.61 Å². The average Bonchev–Trinajstić information content (AvgIpc) is 3.46. The number of aromatic amines is 2. The standard InChI is InChI=1S/C18H18FN3O3.C10H10ClN3O2/c1-4-24-13-7-6-11(19)8-12(13)15-17-16(21-9-20-15)14(10(3)22-17)18(23)25-5-2;1-3-16-10(15)6-5(2)14-8-7(6)12-4-13-9(8)11/h6-9,22H,4-5H2,1-3H3;4,14H,3H2,1-2H3. The summed E-state index contributed by atoms with van der Waals surface area (Å²) in [6, 6.07) is 4.24. The first-order chi connectivity index (χ1) is 19.7. The summed E-state index contributed by atoms with van der Waals surface area (Å²) in [6.07, 6.45) is 2.66. The number of hydrogen-bond acceptors (Lipinski definition) is 9. The van der Waals surface area contributed by atoms with Crippen molar-refractivity contribution in [2.24, 2.45) is 0 Å². The van der Waals surface area contributed by atoms with E-state index < -0.39 is 17.8 Å². The molecule has 5 rings (SSSR count). The van der Waals surface area contributed by atoms with E-state index in [4.69, 9.17) is 25.8 Å². The Morgan fingerprint density at radius 3 is 1.98 bits per heavy atom. The van der Waals surface area contributed by atoms with Gasteiger partial charge in [-0.1, -0.05) is 11.6 Å². The number of ether oxygens (including phenoxy) is 3. The highest BCUT2D eigenvalue weighted by Crippen LogP contribution is 2.35. The Morgan fingerprint density at radius 1 is 0.829 bits per heavy atom. The highest BCUT2D eigenvalue weighted by atomic mass is 35.5. The van der Waals surface area contributed by atoms with Crippen LogP contribution >= 0.6 is 11.6 Å². The molecule has 0 spiro atoms. The maximum atomic E-state index is 13.8. The van der Waals surface area contributed by atoms with Gasteiger partial charge in [-0.2, -0.15) is 0 Å². The van der Waals surface area contributed by atoms with Crippen LogP contribution in [0.25, 0.3) is 33.3 Å². The van der Waals surface area contributed by atoms with E-state index in [0.717, 1.165) is 0 Å². The summed E-state index contributed by atoms with van der Waals surface area (Å²) in [5, 5.41) is 0.295. The number of carbonyl (C=O) groups excluding carboxylic acids is 2. The smallest absolute Gasteiger partial charge is 0.342 e. The molecule has 0 radical (unpaired) electrons. The number of nitrogens with one attached hydrogen (secondary N) is 2. The third kappa shape index (κ3) is 5.97. The zero-order chi connectivity index (χ0) is 29.7. The zero-order valence-electron chi connectivity index (χ0n) is 23.1. The molecule has 0 atom stereocenters. The summed E-state index contributed by atoms with van der Waals surface area (Å²) in [6.45, 7) is 9.89. The third-order valence-electron chi connectivity index (χ3n) is 5.95. The van der Waals surface area contributed by atoms with E-state index in [9.17, 15) is 14.0 Å². The van der Waals surface area contributed by atoms with E-state index in [1.165, 1.54) is 24.8 Å². The molecule has 5 aromatic rings. The van der Waals surface area contributed by atoms with E-state index in [0.29, 0.717) is 80.0 Å². The fourth-order valence-electron chi connectivity index (χ4n) is 4.29. The lowest BCUT2D eigenvalue weighted by Crippen LogP contribution is -2.06. The maximum Gasteiger partial charge on any atom is 0.342 e. The molecule has 0 bridgehead atoms. The molecular weight excluding hydrogens is 555 g/mol. The van der Waals surface area contributed by atoms with Crippen molar-refractivity contribution in [1.29, 1.82) is 0 Å². The Labute approximate surface area is 239 Å². The molecule has 2 N–H and O–H groups in total. The SMILES string of the molecule is CCOC(=O)c1c(C)[nH]c2c(-c3cc(F)ccc3OCC)ncnc12.CCOC(=O)c1c(C)[nH]c2c(Cl)ncnc12. The number of rotatable bonds is 7. The first-order valence-corrected chi connectivity index (χ1v) is 13.2. The third-order valence-corrected chi connectivity index (χ3v) is 6.24. The normalized spacial score (nSPS) is 10.8. The monoisotopic (exact) mass is 582 g/mol. The lowest BCUT2D eigenvalue weighted by atomic mass is 10.1. The summed E-state index contributed by atoms with van der Waals surface area (Å²) >= 11 is 5.89. The van der Waals surface area contributed by atoms with Crippen LogP contribution in [0.3, 0.4) is 0 Å². The number of aryl methyl sites for hydroxylation is 2. The summed E-state index contributed by atoms with van der Waals surface area (Å²) in [7, 11) is 0. The predicted molar refractivity (Wildman–Crippen MR) is 151 cm³/mol.